The smallest absolute Gasteiger partial charge is 0.227 e. The Balaban J connectivity index is 1.65. The second kappa shape index (κ2) is 12.2. The third kappa shape index (κ3) is 6.70. The number of hydrogen-bond donors (Lipinski definition) is 1. The largest absolute Gasteiger partial charge is 0.468 e. The lowest BCUT2D eigenvalue weighted by Gasteiger charge is -2.24. The molecule has 0 saturated carbocycles. The van der Waals surface area contributed by atoms with E-state index in [-0.39, 0.29) is 6.61 Å². The number of ether oxygens (including phenoxy) is 2. The third-order valence-electron chi connectivity index (χ3n) is 5.45. The maximum Gasteiger partial charge on any atom is 0.227 e. The van der Waals surface area contributed by atoms with Crippen LogP contribution in [0.2, 0.25) is 0 Å². The van der Waals surface area contributed by atoms with Crippen molar-refractivity contribution in [1.82, 2.24) is 14.7 Å². The zero-order valence-electron chi connectivity index (χ0n) is 19.9. The molecule has 1 atom stereocenters. The Morgan fingerprint density at radius 3 is 2.49 bits per heavy atom. The van der Waals surface area contributed by atoms with Crippen LogP contribution >= 0.6 is 0 Å². The molecule has 2 aromatic carbocycles. The lowest BCUT2D eigenvalue weighted by molar-refractivity contribution is 0.0214. The van der Waals surface area contributed by atoms with Crippen LogP contribution in [0.5, 0.6) is 11.6 Å². The molecule has 182 valence electrons. The van der Waals surface area contributed by atoms with E-state index < -0.39 is 6.10 Å². The van der Waals surface area contributed by atoms with Crippen LogP contribution in [0, 0.1) is 6.92 Å². The number of nitrogens with zero attached hydrogens (tertiary/aromatic N) is 3. The molecule has 0 fully saturated rings. The van der Waals surface area contributed by atoms with Gasteiger partial charge in [0, 0.05) is 13.1 Å². The van der Waals surface area contributed by atoms with E-state index in [2.05, 4.69) is 11.5 Å². The van der Waals surface area contributed by atoms with Gasteiger partial charge < -0.3 is 19.0 Å². The number of aromatic nitrogens is 2. The highest BCUT2D eigenvalue weighted by Gasteiger charge is 2.23. The summed E-state index contributed by atoms with van der Waals surface area (Å²) >= 11 is 0. The first kappa shape index (κ1) is 24.5. The summed E-state index contributed by atoms with van der Waals surface area (Å²) in [4.78, 5) is 2.11. The number of furan rings is 1. The number of hydrogen-bond acceptors (Lipinski definition) is 6. The molecule has 7 heteroatoms. The first-order valence-electron chi connectivity index (χ1n) is 11.6. The molecule has 2 heterocycles. The summed E-state index contributed by atoms with van der Waals surface area (Å²) in [7, 11) is 0. The Morgan fingerprint density at radius 1 is 1.06 bits per heavy atom. The van der Waals surface area contributed by atoms with Crippen molar-refractivity contribution < 1.29 is 19.0 Å². The topological polar surface area (TPSA) is 72.9 Å². The van der Waals surface area contributed by atoms with E-state index in [0.717, 1.165) is 28.5 Å². The summed E-state index contributed by atoms with van der Waals surface area (Å²) in [6.45, 7) is 7.65. The highest BCUT2D eigenvalue weighted by Crippen LogP contribution is 2.32. The van der Waals surface area contributed by atoms with Gasteiger partial charge in [0.05, 0.1) is 49.1 Å². The minimum absolute atomic E-state index is 0.219. The molecule has 0 bridgehead atoms. The molecule has 0 aliphatic rings. The van der Waals surface area contributed by atoms with Crippen LogP contribution in [0.3, 0.4) is 0 Å². The van der Waals surface area contributed by atoms with Crippen molar-refractivity contribution in [3.8, 4) is 17.3 Å². The molecule has 4 aromatic rings. The van der Waals surface area contributed by atoms with Gasteiger partial charge in [-0.3, -0.25) is 4.90 Å². The van der Waals surface area contributed by atoms with Gasteiger partial charge in [-0.15, -0.1) is 6.58 Å². The average Bonchev–Trinajstić information content (AvgIpc) is 3.49. The maximum absolute atomic E-state index is 10.6. The van der Waals surface area contributed by atoms with E-state index in [9.17, 15) is 5.11 Å². The van der Waals surface area contributed by atoms with Gasteiger partial charge >= 0.3 is 0 Å². The van der Waals surface area contributed by atoms with Crippen LogP contribution in [-0.2, 0) is 17.8 Å². The Bertz CT molecular complexity index is 1170. The normalized spacial score (nSPS) is 12.1. The molecule has 0 spiro atoms. The summed E-state index contributed by atoms with van der Waals surface area (Å²) in [6.07, 6.45) is 2.65. The number of aliphatic hydroxyl groups is 1. The predicted octanol–water partition coefficient (Wildman–Crippen LogP) is 5.13. The molecule has 0 aliphatic carbocycles. The van der Waals surface area contributed by atoms with Crippen LogP contribution in [0.4, 0.5) is 0 Å². The van der Waals surface area contributed by atoms with Crippen molar-refractivity contribution in [3.05, 3.63) is 109 Å². The second-order valence-electron chi connectivity index (χ2n) is 8.26. The van der Waals surface area contributed by atoms with Gasteiger partial charge in [0.15, 0.2) is 0 Å². The number of aliphatic hydroxyl groups excluding tert-OH is 1. The minimum Gasteiger partial charge on any atom is -0.468 e. The van der Waals surface area contributed by atoms with E-state index in [1.54, 1.807) is 12.3 Å². The average molecular weight is 474 g/mol. The lowest BCUT2D eigenvalue weighted by Crippen LogP contribution is -2.34. The van der Waals surface area contributed by atoms with Crippen molar-refractivity contribution in [3.63, 3.8) is 0 Å². The van der Waals surface area contributed by atoms with Crippen LogP contribution in [0.15, 0.2) is 96.1 Å². The van der Waals surface area contributed by atoms with E-state index >= 15 is 0 Å². The molecule has 2 aromatic heterocycles. The summed E-state index contributed by atoms with van der Waals surface area (Å²) < 4.78 is 19.3. The standard InChI is InChI=1S/C28H31N3O4/c1-3-16-33-21-24(32)18-30(19-26-15-10-17-34-26)20-27-22(2)29-31(23-11-6-4-7-12-23)28(27)35-25-13-8-5-9-14-25/h3-15,17,24,32H,1,16,18-21H2,2H3/t24-/m1/s1. The molecule has 4 rings (SSSR count). The van der Waals surface area contributed by atoms with Gasteiger partial charge in [-0.25, -0.2) is 4.68 Å². The van der Waals surface area contributed by atoms with Crippen LogP contribution < -0.4 is 4.74 Å². The summed E-state index contributed by atoms with van der Waals surface area (Å²) in [6, 6.07) is 23.4. The molecule has 0 unspecified atom stereocenters. The molecule has 0 saturated heterocycles. The van der Waals surface area contributed by atoms with Gasteiger partial charge in [0.1, 0.15) is 11.5 Å². The Hall–Kier alpha value is -3.65. The van der Waals surface area contributed by atoms with Gasteiger partial charge in [-0.1, -0.05) is 42.5 Å². The zero-order valence-corrected chi connectivity index (χ0v) is 19.9. The monoisotopic (exact) mass is 473 g/mol. The van der Waals surface area contributed by atoms with E-state index in [1.165, 1.54) is 0 Å². The van der Waals surface area contributed by atoms with Crippen molar-refractivity contribution in [2.24, 2.45) is 0 Å². The predicted molar refractivity (Wildman–Crippen MR) is 135 cm³/mol. The molecule has 0 aliphatic heterocycles. The van der Waals surface area contributed by atoms with Crippen molar-refractivity contribution >= 4 is 0 Å². The van der Waals surface area contributed by atoms with Gasteiger partial charge in [-0.2, -0.15) is 5.10 Å². The zero-order chi connectivity index (χ0) is 24.5. The van der Waals surface area contributed by atoms with E-state index in [1.807, 2.05) is 84.4 Å². The van der Waals surface area contributed by atoms with Crippen molar-refractivity contribution in [1.29, 1.82) is 0 Å². The van der Waals surface area contributed by atoms with E-state index in [4.69, 9.17) is 19.0 Å². The van der Waals surface area contributed by atoms with Gasteiger partial charge in [0.2, 0.25) is 5.88 Å². The fourth-order valence-corrected chi connectivity index (χ4v) is 3.84. The van der Waals surface area contributed by atoms with Crippen LogP contribution in [0.25, 0.3) is 5.69 Å². The molecule has 1 N–H and O–H groups in total. The van der Waals surface area contributed by atoms with E-state index in [0.29, 0.717) is 32.1 Å². The number of benzene rings is 2. The summed E-state index contributed by atoms with van der Waals surface area (Å²) in [5, 5.41) is 15.4. The number of aryl methyl sites for hydroxylation is 1. The Kier molecular flexibility index (Phi) is 8.51. The molecule has 0 amide bonds. The lowest BCUT2D eigenvalue weighted by atomic mass is 10.2. The number of rotatable bonds is 13. The number of para-hydroxylation sites is 2. The van der Waals surface area contributed by atoms with Crippen molar-refractivity contribution in [2.75, 3.05) is 19.8 Å². The fraction of sp³-hybridized carbons (Fsp3) is 0.250. The highest BCUT2D eigenvalue weighted by atomic mass is 16.5. The SMILES string of the molecule is C=CCOC[C@H](O)CN(Cc1ccco1)Cc1c(C)nn(-c2ccccc2)c1Oc1ccccc1. The minimum atomic E-state index is -0.673. The third-order valence-corrected chi connectivity index (χ3v) is 5.45. The highest BCUT2D eigenvalue weighted by molar-refractivity contribution is 5.43. The Morgan fingerprint density at radius 2 is 1.80 bits per heavy atom. The summed E-state index contributed by atoms with van der Waals surface area (Å²) in [5.41, 5.74) is 2.69. The first-order chi connectivity index (χ1) is 17.1. The van der Waals surface area contributed by atoms with Crippen LogP contribution in [-0.4, -0.2) is 45.6 Å². The second-order valence-corrected chi connectivity index (χ2v) is 8.26. The van der Waals surface area contributed by atoms with Crippen molar-refractivity contribution in [2.45, 2.75) is 26.1 Å². The quantitative estimate of drug-likeness (QED) is 0.214. The first-order valence-corrected chi connectivity index (χ1v) is 11.6. The molecule has 7 nitrogen and oxygen atoms in total. The molecular weight excluding hydrogens is 442 g/mol. The fourth-order valence-electron chi connectivity index (χ4n) is 3.84. The van der Waals surface area contributed by atoms with Crippen LogP contribution in [0.1, 0.15) is 17.0 Å². The molecule has 35 heavy (non-hydrogen) atoms. The molecule has 0 radical (unpaired) electrons. The van der Waals surface area contributed by atoms with Gasteiger partial charge in [0.25, 0.3) is 0 Å². The van der Waals surface area contributed by atoms with Gasteiger partial charge in [-0.05, 0) is 43.3 Å². The maximum atomic E-state index is 10.6. The Labute approximate surface area is 205 Å². The summed E-state index contributed by atoms with van der Waals surface area (Å²) in [5.74, 6) is 2.17. The molecular formula is C28H31N3O4.